The second kappa shape index (κ2) is 5.50. The topological polar surface area (TPSA) is 53.4 Å². The van der Waals surface area contributed by atoms with Gasteiger partial charge in [0.2, 0.25) is 0 Å². The first-order valence-electron chi connectivity index (χ1n) is 5.90. The molecule has 1 aromatic heterocycles. The average Bonchev–Trinajstić information content (AvgIpc) is 2.81. The third-order valence-electron chi connectivity index (χ3n) is 2.88. The molecule has 0 aliphatic carbocycles. The summed E-state index contributed by atoms with van der Waals surface area (Å²) in [5.74, 6) is -0.982. The van der Waals surface area contributed by atoms with E-state index < -0.39 is 5.97 Å². The van der Waals surface area contributed by atoms with Crippen molar-refractivity contribution in [3.8, 4) is 0 Å². The van der Waals surface area contributed by atoms with Crippen LogP contribution in [0.3, 0.4) is 0 Å². The Morgan fingerprint density at radius 3 is 2.42 bits per heavy atom. The number of hydrogen-bond donors (Lipinski definition) is 1. The fourth-order valence-corrected chi connectivity index (χ4v) is 2.93. The molecule has 0 saturated heterocycles. The van der Waals surface area contributed by atoms with Gasteiger partial charge in [-0.2, -0.15) is 0 Å². The lowest BCUT2D eigenvalue weighted by Gasteiger charge is -2.22. The number of aryl methyl sites for hydroxylation is 1. The van der Waals surface area contributed by atoms with Crippen LogP contribution < -0.4 is 0 Å². The first-order chi connectivity index (χ1) is 8.99. The van der Waals surface area contributed by atoms with E-state index in [1.807, 2.05) is 25.9 Å². The molecule has 1 N–H and O–H groups in total. The Kier molecular flexibility index (Phi) is 3.97. The van der Waals surface area contributed by atoms with E-state index in [-0.39, 0.29) is 11.7 Å². The molecule has 1 atom stereocenters. The average molecular weight is 276 g/mol. The summed E-state index contributed by atoms with van der Waals surface area (Å²) in [4.78, 5) is 17.2. The Bertz CT molecular complexity index is 575. The van der Waals surface area contributed by atoms with Gasteiger partial charge in [-0.25, -0.2) is 9.78 Å². The maximum absolute atomic E-state index is 10.9. The van der Waals surface area contributed by atoms with Gasteiger partial charge in [0.1, 0.15) is 5.01 Å². The molecule has 1 unspecified atom stereocenters. The standard InChI is InChI=1S/C14H16N2O2S/c1-9-4-6-10(7-5-9)12(16(2)3)13-15-11(8-19-13)14(17)18/h4-8,12H,1-3H3,(H,17,18). The number of benzene rings is 1. The Balaban J connectivity index is 2.39. The third-order valence-corrected chi connectivity index (χ3v) is 3.78. The van der Waals surface area contributed by atoms with Crippen LogP contribution in [0.2, 0.25) is 0 Å². The molecule has 5 heteroatoms. The van der Waals surface area contributed by atoms with Crippen LogP contribution in [0.1, 0.15) is 32.7 Å². The van der Waals surface area contributed by atoms with Gasteiger partial charge >= 0.3 is 5.97 Å². The summed E-state index contributed by atoms with van der Waals surface area (Å²) in [5.41, 5.74) is 2.42. The zero-order valence-corrected chi connectivity index (χ0v) is 11.9. The van der Waals surface area contributed by atoms with Crippen LogP contribution in [0.25, 0.3) is 0 Å². The maximum atomic E-state index is 10.9. The Morgan fingerprint density at radius 1 is 1.32 bits per heavy atom. The summed E-state index contributed by atoms with van der Waals surface area (Å²) >= 11 is 1.38. The molecule has 0 aliphatic rings. The number of nitrogens with zero attached hydrogens (tertiary/aromatic N) is 2. The lowest BCUT2D eigenvalue weighted by Crippen LogP contribution is -2.21. The molecule has 0 aliphatic heterocycles. The molecule has 0 radical (unpaired) electrons. The molecule has 100 valence electrons. The van der Waals surface area contributed by atoms with Crippen molar-refractivity contribution in [1.82, 2.24) is 9.88 Å². The first-order valence-corrected chi connectivity index (χ1v) is 6.78. The van der Waals surface area contributed by atoms with Crippen LogP contribution in [0.5, 0.6) is 0 Å². The fourth-order valence-electron chi connectivity index (χ4n) is 1.92. The summed E-state index contributed by atoms with van der Waals surface area (Å²) in [7, 11) is 3.93. The van der Waals surface area contributed by atoms with E-state index in [9.17, 15) is 4.79 Å². The predicted molar refractivity (Wildman–Crippen MR) is 75.8 cm³/mol. The van der Waals surface area contributed by atoms with E-state index in [0.717, 1.165) is 10.6 Å². The highest BCUT2D eigenvalue weighted by molar-refractivity contribution is 7.10. The molecule has 0 saturated carbocycles. The lowest BCUT2D eigenvalue weighted by atomic mass is 10.0. The van der Waals surface area contributed by atoms with E-state index in [1.165, 1.54) is 16.9 Å². The lowest BCUT2D eigenvalue weighted by molar-refractivity contribution is 0.0691. The van der Waals surface area contributed by atoms with Crippen LogP contribution in [0, 0.1) is 6.92 Å². The van der Waals surface area contributed by atoms with Crippen molar-refractivity contribution in [2.45, 2.75) is 13.0 Å². The van der Waals surface area contributed by atoms with Gasteiger partial charge in [0, 0.05) is 5.38 Å². The van der Waals surface area contributed by atoms with Crippen molar-refractivity contribution >= 4 is 17.3 Å². The van der Waals surface area contributed by atoms with Gasteiger partial charge < -0.3 is 5.11 Å². The molecule has 1 aromatic carbocycles. The summed E-state index contributed by atoms with van der Waals surface area (Å²) in [6, 6.07) is 8.21. The van der Waals surface area contributed by atoms with Gasteiger partial charge in [-0.15, -0.1) is 11.3 Å². The van der Waals surface area contributed by atoms with Crippen molar-refractivity contribution in [1.29, 1.82) is 0 Å². The molecule has 4 nitrogen and oxygen atoms in total. The number of thiazole rings is 1. The highest BCUT2D eigenvalue weighted by Gasteiger charge is 2.21. The van der Waals surface area contributed by atoms with Gasteiger partial charge in [0.05, 0.1) is 6.04 Å². The number of aromatic carboxylic acids is 1. The first kappa shape index (κ1) is 13.7. The van der Waals surface area contributed by atoms with Crippen LogP contribution in [0.4, 0.5) is 0 Å². The molecule has 2 aromatic rings. The zero-order chi connectivity index (χ0) is 14.0. The summed E-state index contributed by atoms with van der Waals surface area (Å²) in [5, 5.41) is 11.3. The summed E-state index contributed by atoms with van der Waals surface area (Å²) in [6.07, 6.45) is 0. The van der Waals surface area contributed by atoms with E-state index >= 15 is 0 Å². The van der Waals surface area contributed by atoms with E-state index in [2.05, 4.69) is 29.2 Å². The van der Waals surface area contributed by atoms with Gasteiger partial charge in [-0.3, -0.25) is 4.90 Å². The minimum absolute atomic E-state index is 0.0151. The molecule has 1 heterocycles. The quantitative estimate of drug-likeness (QED) is 0.933. The Morgan fingerprint density at radius 2 is 1.95 bits per heavy atom. The van der Waals surface area contributed by atoms with Crippen molar-refractivity contribution in [3.05, 3.63) is 51.5 Å². The largest absolute Gasteiger partial charge is 0.476 e. The number of hydrogen-bond acceptors (Lipinski definition) is 4. The molecule has 2 rings (SSSR count). The van der Waals surface area contributed by atoms with Crippen molar-refractivity contribution in [2.75, 3.05) is 14.1 Å². The summed E-state index contributed by atoms with van der Waals surface area (Å²) < 4.78 is 0. The number of aromatic nitrogens is 1. The normalized spacial score (nSPS) is 12.6. The molecule has 0 spiro atoms. The maximum Gasteiger partial charge on any atom is 0.355 e. The smallest absolute Gasteiger partial charge is 0.355 e. The molecular formula is C14H16N2O2S. The van der Waals surface area contributed by atoms with E-state index in [0.29, 0.717) is 0 Å². The molecule has 0 fully saturated rings. The highest BCUT2D eigenvalue weighted by atomic mass is 32.1. The van der Waals surface area contributed by atoms with Crippen molar-refractivity contribution in [3.63, 3.8) is 0 Å². The Labute approximate surface area is 116 Å². The number of carboxylic acid groups (broad SMARTS) is 1. The van der Waals surface area contributed by atoms with E-state index in [1.54, 1.807) is 5.38 Å². The van der Waals surface area contributed by atoms with Crippen LogP contribution in [-0.2, 0) is 0 Å². The van der Waals surface area contributed by atoms with Crippen molar-refractivity contribution in [2.24, 2.45) is 0 Å². The third kappa shape index (κ3) is 3.00. The van der Waals surface area contributed by atoms with E-state index in [4.69, 9.17) is 5.11 Å². The number of carboxylic acids is 1. The van der Waals surface area contributed by atoms with Crippen molar-refractivity contribution < 1.29 is 9.90 Å². The van der Waals surface area contributed by atoms with Crippen LogP contribution in [-0.4, -0.2) is 35.1 Å². The van der Waals surface area contributed by atoms with Crippen LogP contribution >= 0.6 is 11.3 Å². The van der Waals surface area contributed by atoms with Gasteiger partial charge in [-0.1, -0.05) is 29.8 Å². The predicted octanol–water partition coefficient (Wildman–Crippen LogP) is 2.80. The summed E-state index contributed by atoms with van der Waals surface area (Å²) in [6.45, 7) is 2.04. The SMILES string of the molecule is Cc1ccc(C(c2nc(C(=O)O)cs2)N(C)C)cc1. The fraction of sp³-hybridized carbons (Fsp3) is 0.286. The molecular weight excluding hydrogens is 260 g/mol. The zero-order valence-electron chi connectivity index (χ0n) is 11.1. The van der Waals surface area contributed by atoms with Gasteiger partial charge in [0.15, 0.2) is 5.69 Å². The van der Waals surface area contributed by atoms with Gasteiger partial charge in [0.25, 0.3) is 0 Å². The Hall–Kier alpha value is -1.72. The monoisotopic (exact) mass is 276 g/mol. The minimum Gasteiger partial charge on any atom is -0.476 e. The number of rotatable bonds is 4. The van der Waals surface area contributed by atoms with Gasteiger partial charge in [-0.05, 0) is 26.6 Å². The molecule has 19 heavy (non-hydrogen) atoms. The second-order valence-electron chi connectivity index (χ2n) is 4.65. The minimum atomic E-state index is -0.982. The second-order valence-corrected chi connectivity index (χ2v) is 5.54. The molecule has 0 amide bonds. The van der Waals surface area contributed by atoms with Crippen LogP contribution in [0.15, 0.2) is 29.6 Å². The molecule has 0 bridgehead atoms. The highest BCUT2D eigenvalue weighted by Crippen LogP contribution is 2.29. The number of carbonyl (C=O) groups is 1.